The second-order valence-electron chi connectivity index (χ2n) is 5.04. The number of non-ortho nitro benzene ring substituents is 1. The number of aliphatic hydroxyl groups is 1. The number of nitrogens with one attached hydrogen (secondary N) is 1. The maximum absolute atomic E-state index is 10.8. The molecule has 1 aliphatic heterocycles. The van der Waals surface area contributed by atoms with Gasteiger partial charge < -0.3 is 14.9 Å². The van der Waals surface area contributed by atoms with E-state index in [1.807, 2.05) is 0 Å². The Morgan fingerprint density at radius 3 is 3.05 bits per heavy atom. The molecular formula is C13H14N4O4. The fourth-order valence-corrected chi connectivity index (χ4v) is 2.36. The van der Waals surface area contributed by atoms with Crippen molar-refractivity contribution in [3.63, 3.8) is 0 Å². The highest BCUT2D eigenvalue weighted by atomic mass is 16.6. The van der Waals surface area contributed by atoms with Crippen molar-refractivity contribution in [2.75, 3.05) is 13.1 Å². The molecule has 1 saturated heterocycles. The van der Waals surface area contributed by atoms with E-state index >= 15 is 0 Å². The molecule has 0 radical (unpaired) electrons. The first-order valence-corrected chi connectivity index (χ1v) is 6.61. The molecule has 1 fully saturated rings. The van der Waals surface area contributed by atoms with Crippen molar-refractivity contribution in [2.45, 2.75) is 18.4 Å². The lowest BCUT2D eigenvalue weighted by molar-refractivity contribution is -0.384. The molecule has 21 heavy (non-hydrogen) atoms. The summed E-state index contributed by atoms with van der Waals surface area (Å²) in [5.74, 6) is 0.365. The Morgan fingerprint density at radius 2 is 2.33 bits per heavy atom. The summed E-state index contributed by atoms with van der Waals surface area (Å²) >= 11 is 0. The third kappa shape index (κ3) is 2.63. The molecule has 1 unspecified atom stereocenters. The molecule has 1 atom stereocenters. The van der Waals surface area contributed by atoms with E-state index in [1.165, 1.54) is 12.1 Å². The van der Waals surface area contributed by atoms with Crippen molar-refractivity contribution in [1.82, 2.24) is 15.5 Å². The van der Waals surface area contributed by atoms with E-state index in [9.17, 15) is 15.2 Å². The third-order valence-corrected chi connectivity index (χ3v) is 3.50. The van der Waals surface area contributed by atoms with Gasteiger partial charge in [-0.3, -0.25) is 10.1 Å². The van der Waals surface area contributed by atoms with Crippen LogP contribution in [0.3, 0.4) is 0 Å². The molecular weight excluding hydrogens is 276 g/mol. The van der Waals surface area contributed by atoms with Crippen LogP contribution in [0.25, 0.3) is 11.4 Å². The smallest absolute Gasteiger partial charge is 0.270 e. The average molecular weight is 290 g/mol. The Kier molecular flexibility index (Phi) is 3.40. The lowest BCUT2D eigenvalue weighted by Crippen LogP contribution is -2.43. The van der Waals surface area contributed by atoms with Crippen LogP contribution in [-0.4, -0.2) is 33.3 Å². The standard InChI is InChI=1S/C13H14N4O4/c18-13(5-2-6-14-8-13)12-15-11(16-21-12)9-3-1-4-10(7-9)17(19)20/h1,3-4,7,14,18H,2,5-6,8H2. The van der Waals surface area contributed by atoms with Crippen molar-refractivity contribution < 1.29 is 14.6 Å². The minimum Gasteiger partial charge on any atom is -0.379 e. The van der Waals surface area contributed by atoms with Crippen molar-refractivity contribution >= 4 is 5.69 Å². The van der Waals surface area contributed by atoms with Gasteiger partial charge in [0.15, 0.2) is 5.60 Å². The van der Waals surface area contributed by atoms with Gasteiger partial charge in [-0.2, -0.15) is 4.98 Å². The predicted octanol–water partition coefficient (Wildman–Crippen LogP) is 1.22. The molecule has 2 heterocycles. The minimum atomic E-state index is -1.18. The molecule has 1 aromatic heterocycles. The highest BCUT2D eigenvalue weighted by Crippen LogP contribution is 2.29. The Balaban J connectivity index is 1.91. The number of β-amino-alcohol motifs (C(OH)–C–C–N with tert-alkyl or cyclic N) is 1. The number of nitrogens with zero attached hydrogens (tertiary/aromatic N) is 3. The van der Waals surface area contributed by atoms with Gasteiger partial charge in [-0.1, -0.05) is 17.3 Å². The molecule has 0 spiro atoms. The van der Waals surface area contributed by atoms with Gasteiger partial charge in [0.05, 0.1) is 4.92 Å². The first-order valence-electron chi connectivity index (χ1n) is 6.61. The van der Waals surface area contributed by atoms with Gasteiger partial charge in [-0.05, 0) is 19.4 Å². The fourth-order valence-electron chi connectivity index (χ4n) is 2.36. The summed E-state index contributed by atoms with van der Waals surface area (Å²) in [4.78, 5) is 14.5. The van der Waals surface area contributed by atoms with E-state index in [-0.39, 0.29) is 17.4 Å². The van der Waals surface area contributed by atoms with Gasteiger partial charge >= 0.3 is 0 Å². The number of benzene rings is 1. The largest absolute Gasteiger partial charge is 0.379 e. The summed E-state index contributed by atoms with van der Waals surface area (Å²) < 4.78 is 5.14. The van der Waals surface area contributed by atoms with Crippen LogP contribution < -0.4 is 5.32 Å². The highest BCUT2D eigenvalue weighted by Gasteiger charge is 2.37. The Labute approximate surface area is 119 Å². The second kappa shape index (κ2) is 5.23. The molecule has 8 nitrogen and oxygen atoms in total. The first-order chi connectivity index (χ1) is 10.1. The summed E-state index contributed by atoms with van der Waals surface area (Å²) in [6.45, 7) is 1.19. The lowest BCUT2D eigenvalue weighted by atomic mass is 9.94. The molecule has 1 aromatic carbocycles. The summed E-state index contributed by atoms with van der Waals surface area (Å²) in [7, 11) is 0. The summed E-state index contributed by atoms with van der Waals surface area (Å²) in [6.07, 6.45) is 1.35. The van der Waals surface area contributed by atoms with Gasteiger partial charge in [0.1, 0.15) is 0 Å². The number of hydrogen-bond donors (Lipinski definition) is 2. The van der Waals surface area contributed by atoms with E-state index in [2.05, 4.69) is 15.5 Å². The maximum Gasteiger partial charge on any atom is 0.270 e. The van der Waals surface area contributed by atoms with E-state index in [0.717, 1.165) is 13.0 Å². The lowest BCUT2D eigenvalue weighted by Gasteiger charge is -2.28. The molecule has 0 saturated carbocycles. The van der Waals surface area contributed by atoms with Gasteiger partial charge in [0.2, 0.25) is 5.82 Å². The van der Waals surface area contributed by atoms with Crippen molar-refractivity contribution in [3.8, 4) is 11.4 Å². The third-order valence-electron chi connectivity index (χ3n) is 3.50. The molecule has 0 bridgehead atoms. The van der Waals surface area contributed by atoms with E-state index in [1.54, 1.807) is 12.1 Å². The van der Waals surface area contributed by atoms with Crippen molar-refractivity contribution in [1.29, 1.82) is 0 Å². The van der Waals surface area contributed by atoms with Crippen LogP contribution in [0, 0.1) is 10.1 Å². The normalized spacial score (nSPS) is 22.1. The zero-order chi connectivity index (χ0) is 14.9. The predicted molar refractivity (Wildman–Crippen MR) is 72.4 cm³/mol. The van der Waals surface area contributed by atoms with E-state index in [4.69, 9.17) is 4.52 Å². The first kappa shape index (κ1) is 13.7. The highest BCUT2D eigenvalue weighted by molar-refractivity contribution is 5.58. The Hall–Kier alpha value is -2.32. The summed E-state index contributed by atoms with van der Waals surface area (Å²) in [6, 6.07) is 5.98. The number of nitro benzene ring substituents is 1. The van der Waals surface area contributed by atoms with Crippen LogP contribution in [0.2, 0.25) is 0 Å². The number of aromatic nitrogens is 2. The van der Waals surface area contributed by atoms with Crippen LogP contribution in [0.5, 0.6) is 0 Å². The topological polar surface area (TPSA) is 114 Å². The zero-order valence-corrected chi connectivity index (χ0v) is 11.2. The van der Waals surface area contributed by atoms with Gasteiger partial charge in [0, 0.05) is 24.2 Å². The Bertz CT molecular complexity index is 664. The molecule has 0 aliphatic carbocycles. The SMILES string of the molecule is O=[N+]([O-])c1cccc(-c2noc(C3(O)CCCNC3)n2)c1. The van der Waals surface area contributed by atoms with Gasteiger partial charge in [-0.25, -0.2) is 0 Å². The number of piperidine rings is 1. The van der Waals surface area contributed by atoms with Crippen LogP contribution >= 0.6 is 0 Å². The molecule has 110 valence electrons. The quantitative estimate of drug-likeness (QED) is 0.645. The number of nitro groups is 1. The maximum atomic E-state index is 10.8. The summed E-state index contributed by atoms with van der Waals surface area (Å²) in [5, 5.41) is 28.2. The van der Waals surface area contributed by atoms with E-state index < -0.39 is 10.5 Å². The molecule has 0 amide bonds. The van der Waals surface area contributed by atoms with Crippen molar-refractivity contribution in [2.24, 2.45) is 0 Å². The van der Waals surface area contributed by atoms with Crippen LogP contribution in [0.4, 0.5) is 5.69 Å². The van der Waals surface area contributed by atoms with E-state index in [0.29, 0.717) is 18.5 Å². The number of rotatable bonds is 3. The monoisotopic (exact) mass is 290 g/mol. The molecule has 8 heteroatoms. The molecule has 3 rings (SSSR count). The minimum absolute atomic E-state index is 0.0445. The average Bonchev–Trinajstić information content (AvgIpc) is 2.99. The van der Waals surface area contributed by atoms with Gasteiger partial charge in [0.25, 0.3) is 11.6 Å². The Morgan fingerprint density at radius 1 is 1.48 bits per heavy atom. The van der Waals surface area contributed by atoms with Gasteiger partial charge in [-0.15, -0.1) is 0 Å². The second-order valence-corrected chi connectivity index (χ2v) is 5.04. The fraction of sp³-hybridized carbons (Fsp3) is 0.385. The molecule has 1 aliphatic rings. The molecule has 2 N–H and O–H groups in total. The van der Waals surface area contributed by atoms with Crippen LogP contribution in [0.1, 0.15) is 18.7 Å². The summed E-state index contributed by atoms with van der Waals surface area (Å²) in [5.41, 5.74) is -0.743. The van der Waals surface area contributed by atoms with Crippen molar-refractivity contribution in [3.05, 3.63) is 40.3 Å². The molecule has 2 aromatic rings. The van der Waals surface area contributed by atoms with Crippen LogP contribution in [0.15, 0.2) is 28.8 Å². The zero-order valence-electron chi connectivity index (χ0n) is 11.2. The number of hydrogen-bond acceptors (Lipinski definition) is 7. The van der Waals surface area contributed by atoms with Crippen LogP contribution in [-0.2, 0) is 5.60 Å².